The van der Waals surface area contributed by atoms with Crippen LogP contribution in [0.3, 0.4) is 0 Å². The van der Waals surface area contributed by atoms with Crippen LogP contribution in [0, 0.1) is 13.8 Å². The van der Waals surface area contributed by atoms with Crippen LogP contribution in [-0.4, -0.2) is 10.2 Å². The third-order valence-corrected chi connectivity index (χ3v) is 4.98. The molecule has 0 saturated heterocycles. The summed E-state index contributed by atoms with van der Waals surface area (Å²) in [7, 11) is 0. The van der Waals surface area contributed by atoms with Crippen LogP contribution >= 0.6 is 35.0 Å². The van der Waals surface area contributed by atoms with Gasteiger partial charge in [0.1, 0.15) is 0 Å². The second-order valence-corrected chi connectivity index (χ2v) is 6.97. The Morgan fingerprint density at radius 3 is 2.57 bits per heavy atom. The Labute approximate surface area is 149 Å². The second kappa shape index (κ2) is 6.95. The molecule has 0 atom stereocenters. The van der Waals surface area contributed by atoms with Crippen LogP contribution in [0.1, 0.15) is 16.7 Å². The van der Waals surface area contributed by atoms with Gasteiger partial charge in [0.05, 0.1) is 0 Å². The highest BCUT2D eigenvalue weighted by molar-refractivity contribution is 7.98. The van der Waals surface area contributed by atoms with Crippen molar-refractivity contribution in [3.8, 4) is 11.5 Å². The van der Waals surface area contributed by atoms with Gasteiger partial charge in [-0.3, -0.25) is 0 Å². The summed E-state index contributed by atoms with van der Waals surface area (Å²) in [5.41, 5.74) is 4.34. The van der Waals surface area contributed by atoms with E-state index in [1.807, 2.05) is 24.3 Å². The number of nitrogens with zero attached hydrogens (tertiary/aromatic N) is 2. The fraction of sp³-hybridized carbons (Fsp3) is 0.176. The van der Waals surface area contributed by atoms with Gasteiger partial charge >= 0.3 is 0 Å². The largest absolute Gasteiger partial charge is 0.411 e. The Hall–Kier alpha value is -1.49. The predicted molar refractivity (Wildman–Crippen MR) is 95.2 cm³/mol. The summed E-state index contributed by atoms with van der Waals surface area (Å²) in [6.45, 7) is 4.14. The molecule has 0 saturated carbocycles. The summed E-state index contributed by atoms with van der Waals surface area (Å²) in [4.78, 5) is 0. The van der Waals surface area contributed by atoms with E-state index in [1.165, 1.54) is 22.9 Å². The lowest BCUT2D eigenvalue weighted by atomic mass is 10.1. The number of hydrogen-bond donors (Lipinski definition) is 0. The summed E-state index contributed by atoms with van der Waals surface area (Å²) < 4.78 is 5.72. The molecule has 23 heavy (non-hydrogen) atoms. The number of rotatable bonds is 4. The van der Waals surface area contributed by atoms with E-state index in [4.69, 9.17) is 27.6 Å². The van der Waals surface area contributed by atoms with E-state index in [9.17, 15) is 0 Å². The highest BCUT2D eigenvalue weighted by Crippen LogP contribution is 2.30. The maximum absolute atomic E-state index is 6.16. The van der Waals surface area contributed by atoms with Crippen molar-refractivity contribution in [1.82, 2.24) is 10.2 Å². The third kappa shape index (κ3) is 3.89. The van der Waals surface area contributed by atoms with E-state index in [1.54, 1.807) is 6.07 Å². The predicted octanol–water partition coefficient (Wildman–Crippen LogP) is 5.95. The smallest absolute Gasteiger partial charge is 0.277 e. The number of hydrogen-bond acceptors (Lipinski definition) is 4. The van der Waals surface area contributed by atoms with Crippen LogP contribution in [0.25, 0.3) is 11.5 Å². The maximum Gasteiger partial charge on any atom is 0.277 e. The zero-order valence-corrected chi connectivity index (χ0v) is 15.0. The summed E-state index contributed by atoms with van der Waals surface area (Å²) in [5.74, 6) is 1.17. The standard InChI is InChI=1S/C17H14Cl2N2OS/c1-10-3-4-12(7-11(10)2)16-20-21-17(22-16)23-9-13-5-6-14(18)8-15(13)19/h3-8H,9H2,1-2H3. The van der Waals surface area contributed by atoms with Crippen LogP contribution in [-0.2, 0) is 5.75 Å². The Balaban J connectivity index is 1.73. The van der Waals surface area contributed by atoms with Gasteiger partial charge in [-0.25, -0.2) is 0 Å². The molecule has 0 aliphatic carbocycles. The van der Waals surface area contributed by atoms with Gasteiger partial charge in [-0.05, 0) is 54.8 Å². The lowest BCUT2D eigenvalue weighted by Gasteiger charge is -2.02. The fourth-order valence-corrected chi connectivity index (χ4v) is 3.36. The summed E-state index contributed by atoms with van der Waals surface area (Å²) in [5, 5.41) is 9.98. The van der Waals surface area contributed by atoms with E-state index in [0.29, 0.717) is 26.9 Å². The molecule has 0 spiro atoms. The zero-order valence-electron chi connectivity index (χ0n) is 12.6. The van der Waals surface area contributed by atoms with E-state index in [-0.39, 0.29) is 0 Å². The minimum Gasteiger partial charge on any atom is -0.411 e. The molecule has 118 valence electrons. The molecule has 3 nitrogen and oxygen atoms in total. The van der Waals surface area contributed by atoms with Gasteiger partial charge < -0.3 is 4.42 Å². The molecular weight excluding hydrogens is 351 g/mol. The second-order valence-electron chi connectivity index (χ2n) is 5.20. The monoisotopic (exact) mass is 364 g/mol. The molecule has 0 bridgehead atoms. The molecular formula is C17H14Cl2N2OS. The van der Waals surface area contributed by atoms with Crippen LogP contribution < -0.4 is 0 Å². The number of thioether (sulfide) groups is 1. The van der Waals surface area contributed by atoms with Crippen LogP contribution in [0.15, 0.2) is 46.0 Å². The third-order valence-electron chi connectivity index (χ3n) is 3.53. The first kappa shape index (κ1) is 16.4. The van der Waals surface area contributed by atoms with Crippen molar-refractivity contribution in [3.05, 3.63) is 63.1 Å². The highest BCUT2D eigenvalue weighted by atomic mass is 35.5. The quantitative estimate of drug-likeness (QED) is 0.536. The van der Waals surface area contributed by atoms with Crippen molar-refractivity contribution < 1.29 is 4.42 Å². The first-order chi connectivity index (χ1) is 11.0. The average Bonchev–Trinajstić information content (AvgIpc) is 2.98. The van der Waals surface area contributed by atoms with Gasteiger partial charge in [-0.2, -0.15) is 0 Å². The van der Waals surface area contributed by atoms with Crippen molar-refractivity contribution in [2.75, 3.05) is 0 Å². The lowest BCUT2D eigenvalue weighted by Crippen LogP contribution is -1.83. The highest BCUT2D eigenvalue weighted by Gasteiger charge is 2.11. The topological polar surface area (TPSA) is 38.9 Å². The van der Waals surface area contributed by atoms with E-state index < -0.39 is 0 Å². The first-order valence-corrected chi connectivity index (χ1v) is 8.75. The van der Waals surface area contributed by atoms with Gasteiger partial charge in [0.15, 0.2) is 0 Å². The van der Waals surface area contributed by atoms with Gasteiger partial charge in [-0.1, -0.05) is 47.1 Å². The van der Waals surface area contributed by atoms with Crippen LogP contribution in [0.5, 0.6) is 0 Å². The number of aromatic nitrogens is 2. The number of benzene rings is 2. The molecule has 3 rings (SSSR count). The lowest BCUT2D eigenvalue weighted by molar-refractivity contribution is 0.466. The van der Waals surface area contributed by atoms with Crippen LogP contribution in [0.2, 0.25) is 10.0 Å². The number of aryl methyl sites for hydroxylation is 2. The van der Waals surface area contributed by atoms with Gasteiger partial charge in [0.2, 0.25) is 5.89 Å². The summed E-state index contributed by atoms with van der Waals surface area (Å²) in [6.07, 6.45) is 0. The van der Waals surface area contributed by atoms with Crippen molar-refractivity contribution in [3.63, 3.8) is 0 Å². The Morgan fingerprint density at radius 1 is 1.00 bits per heavy atom. The minimum absolute atomic E-state index is 0.518. The molecule has 2 aromatic carbocycles. The Morgan fingerprint density at radius 2 is 1.83 bits per heavy atom. The molecule has 3 aromatic rings. The molecule has 0 aliphatic rings. The van der Waals surface area contributed by atoms with Crippen molar-refractivity contribution in [2.45, 2.75) is 24.8 Å². The fourth-order valence-electron chi connectivity index (χ4n) is 2.04. The molecule has 0 unspecified atom stereocenters. The molecule has 1 heterocycles. The Kier molecular flexibility index (Phi) is 4.95. The van der Waals surface area contributed by atoms with E-state index in [0.717, 1.165) is 11.1 Å². The van der Waals surface area contributed by atoms with Crippen molar-refractivity contribution in [2.24, 2.45) is 0 Å². The normalized spacial score (nSPS) is 11.0. The van der Waals surface area contributed by atoms with Gasteiger partial charge in [0.25, 0.3) is 5.22 Å². The summed E-state index contributed by atoms with van der Waals surface area (Å²) >= 11 is 13.5. The van der Waals surface area contributed by atoms with Crippen LogP contribution in [0.4, 0.5) is 0 Å². The van der Waals surface area contributed by atoms with Crippen molar-refractivity contribution in [1.29, 1.82) is 0 Å². The molecule has 6 heteroatoms. The van der Waals surface area contributed by atoms with Crippen molar-refractivity contribution >= 4 is 35.0 Å². The molecule has 0 aliphatic heterocycles. The maximum atomic E-state index is 6.16. The van der Waals surface area contributed by atoms with E-state index in [2.05, 4.69) is 30.1 Å². The summed E-state index contributed by atoms with van der Waals surface area (Å²) in [6, 6.07) is 11.5. The molecule has 0 N–H and O–H groups in total. The molecule has 0 radical (unpaired) electrons. The average molecular weight is 365 g/mol. The molecule has 1 aromatic heterocycles. The Bertz CT molecular complexity index is 848. The zero-order chi connectivity index (χ0) is 16.4. The van der Waals surface area contributed by atoms with Gasteiger partial charge in [-0.15, -0.1) is 10.2 Å². The van der Waals surface area contributed by atoms with E-state index >= 15 is 0 Å². The van der Waals surface area contributed by atoms with Gasteiger partial charge in [0, 0.05) is 21.4 Å². The minimum atomic E-state index is 0.518. The molecule has 0 amide bonds. The molecule has 0 fully saturated rings. The first-order valence-electron chi connectivity index (χ1n) is 7.01. The number of halogens is 2. The SMILES string of the molecule is Cc1ccc(-c2nnc(SCc3ccc(Cl)cc3Cl)o2)cc1C.